The molecule has 9 heteroatoms. The average molecular weight is 445 g/mol. The molecule has 0 unspecified atom stereocenters. The van der Waals surface area contributed by atoms with Gasteiger partial charge in [-0.2, -0.15) is 15.1 Å². The van der Waals surface area contributed by atoms with Crippen molar-refractivity contribution in [2.75, 3.05) is 44.3 Å². The molecule has 3 aromatic heterocycles. The molecule has 6 rings (SSSR count). The van der Waals surface area contributed by atoms with Gasteiger partial charge in [0.1, 0.15) is 5.82 Å². The highest BCUT2D eigenvalue weighted by Gasteiger charge is 2.26. The van der Waals surface area contributed by atoms with Gasteiger partial charge in [0.15, 0.2) is 17.0 Å². The van der Waals surface area contributed by atoms with Gasteiger partial charge in [0.05, 0.1) is 18.9 Å². The van der Waals surface area contributed by atoms with Gasteiger partial charge in [-0.25, -0.2) is 9.67 Å². The Labute approximate surface area is 192 Å². The summed E-state index contributed by atoms with van der Waals surface area (Å²) in [6, 6.07) is 12.2. The molecular formula is C24H28N8O. The number of aromatic nitrogens is 6. The Balaban J connectivity index is 1.47. The van der Waals surface area contributed by atoms with Gasteiger partial charge in [-0.05, 0) is 32.0 Å². The number of benzene rings is 1. The quantitative estimate of drug-likeness (QED) is 0.518. The van der Waals surface area contributed by atoms with Gasteiger partial charge in [-0.3, -0.25) is 0 Å². The molecule has 0 saturated carbocycles. The first kappa shape index (κ1) is 20.3. The van der Waals surface area contributed by atoms with Crippen molar-refractivity contribution in [3.05, 3.63) is 48.4 Å². The van der Waals surface area contributed by atoms with Crippen LogP contribution in [0.4, 0.5) is 5.82 Å². The van der Waals surface area contributed by atoms with Gasteiger partial charge in [0.2, 0.25) is 0 Å². The molecule has 0 bridgehead atoms. The van der Waals surface area contributed by atoms with Gasteiger partial charge < -0.3 is 19.5 Å². The van der Waals surface area contributed by atoms with E-state index in [1.165, 1.54) is 0 Å². The first-order valence-electron chi connectivity index (χ1n) is 11.7. The lowest BCUT2D eigenvalue weighted by Gasteiger charge is -2.28. The van der Waals surface area contributed by atoms with E-state index in [1.807, 2.05) is 30.5 Å². The Morgan fingerprint density at radius 3 is 2.55 bits per heavy atom. The van der Waals surface area contributed by atoms with Crippen molar-refractivity contribution in [2.24, 2.45) is 7.05 Å². The van der Waals surface area contributed by atoms with Gasteiger partial charge in [0, 0.05) is 37.8 Å². The molecule has 0 radical (unpaired) electrons. The van der Waals surface area contributed by atoms with Crippen LogP contribution < -0.4 is 10.2 Å². The zero-order valence-electron chi connectivity index (χ0n) is 18.8. The third kappa shape index (κ3) is 3.77. The van der Waals surface area contributed by atoms with Crippen LogP contribution in [-0.4, -0.2) is 68.7 Å². The number of rotatable bonds is 4. The highest BCUT2D eigenvalue weighted by atomic mass is 16.5. The van der Waals surface area contributed by atoms with Gasteiger partial charge in [0.25, 0.3) is 5.95 Å². The van der Waals surface area contributed by atoms with Crippen LogP contribution in [0, 0.1) is 0 Å². The number of nitrogens with zero attached hydrogens (tertiary/aromatic N) is 7. The topological polar surface area (TPSA) is 85.9 Å². The van der Waals surface area contributed by atoms with Crippen LogP contribution >= 0.6 is 0 Å². The summed E-state index contributed by atoms with van der Waals surface area (Å²) in [5.74, 6) is 2.95. The second-order valence-electron chi connectivity index (χ2n) is 8.68. The van der Waals surface area contributed by atoms with E-state index in [2.05, 4.69) is 34.0 Å². The minimum Gasteiger partial charge on any atom is -0.378 e. The molecule has 0 spiro atoms. The molecule has 2 aliphatic heterocycles. The maximum Gasteiger partial charge on any atom is 0.254 e. The van der Waals surface area contributed by atoms with Crippen LogP contribution in [0.15, 0.2) is 42.6 Å². The van der Waals surface area contributed by atoms with Gasteiger partial charge >= 0.3 is 0 Å². The molecule has 1 N–H and O–H groups in total. The SMILES string of the molecule is Cn1c(C2CCNCC2)nc2c(N3CCOCC3)nc(-n3ccc(-c4ccccc4)n3)nc21. The fraction of sp³-hybridized carbons (Fsp3) is 0.417. The highest BCUT2D eigenvalue weighted by molar-refractivity contribution is 5.85. The Morgan fingerprint density at radius 2 is 1.76 bits per heavy atom. The number of imidazole rings is 1. The summed E-state index contributed by atoms with van der Waals surface area (Å²) in [6.07, 6.45) is 4.10. The molecule has 0 atom stereocenters. The monoisotopic (exact) mass is 444 g/mol. The van der Waals surface area contributed by atoms with Crippen molar-refractivity contribution >= 4 is 17.0 Å². The summed E-state index contributed by atoms with van der Waals surface area (Å²) < 4.78 is 9.51. The number of piperidine rings is 1. The van der Waals surface area contributed by atoms with Crippen LogP contribution in [0.1, 0.15) is 24.6 Å². The smallest absolute Gasteiger partial charge is 0.254 e. The number of aryl methyl sites for hydroxylation is 1. The van der Waals surface area contributed by atoms with E-state index in [0.717, 1.165) is 73.1 Å². The van der Waals surface area contributed by atoms with E-state index in [1.54, 1.807) is 4.68 Å². The van der Waals surface area contributed by atoms with Crippen LogP contribution in [0.25, 0.3) is 28.4 Å². The summed E-state index contributed by atoms with van der Waals surface area (Å²) >= 11 is 0. The Kier molecular flexibility index (Phi) is 5.27. The number of fused-ring (bicyclic) bond motifs is 1. The summed E-state index contributed by atoms with van der Waals surface area (Å²) in [7, 11) is 2.07. The number of hydrogen-bond donors (Lipinski definition) is 1. The van der Waals surface area contributed by atoms with E-state index < -0.39 is 0 Å². The second kappa shape index (κ2) is 8.57. The molecule has 2 saturated heterocycles. The Bertz CT molecular complexity index is 1250. The summed E-state index contributed by atoms with van der Waals surface area (Å²) in [6.45, 7) is 5.01. The maximum atomic E-state index is 5.59. The van der Waals surface area contributed by atoms with Crippen molar-refractivity contribution in [3.63, 3.8) is 0 Å². The molecule has 0 amide bonds. The molecule has 9 nitrogen and oxygen atoms in total. The van der Waals surface area contributed by atoms with E-state index in [0.29, 0.717) is 25.1 Å². The number of morpholine rings is 1. The van der Waals surface area contributed by atoms with E-state index in [-0.39, 0.29) is 0 Å². The lowest BCUT2D eigenvalue weighted by Crippen LogP contribution is -2.37. The number of ether oxygens (including phenoxy) is 1. The predicted octanol–water partition coefficient (Wildman–Crippen LogP) is 2.52. The molecule has 4 aromatic rings. The minimum absolute atomic E-state index is 0.431. The highest BCUT2D eigenvalue weighted by Crippen LogP contribution is 2.31. The molecule has 0 aliphatic carbocycles. The normalized spacial score (nSPS) is 17.7. The predicted molar refractivity (Wildman–Crippen MR) is 127 cm³/mol. The zero-order valence-corrected chi connectivity index (χ0v) is 18.8. The average Bonchev–Trinajstić information content (AvgIpc) is 3.51. The third-order valence-electron chi connectivity index (χ3n) is 6.60. The van der Waals surface area contributed by atoms with Gasteiger partial charge in [-0.15, -0.1) is 0 Å². The van der Waals surface area contributed by atoms with Gasteiger partial charge in [-0.1, -0.05) is 30.3 Å². The first-order valence-corrected chi connectivity index (χ1v) is 11.7. The van der Waals surface area contributed by atoms with Crippen LogP contribution in [0.5, 0.6) is 0 Å². The molecule has 170 valence electrons. The number of nitrogens with one attached hydrogen (secondary N) is 1. The van der Waals surface area contributed by atoms with Crippen LogP contribution in [0.2, 0.25) is 0 Å². The number of anilines is 1. The molecular weight excluding hydrogens is 416 g/mol. The fourth-order valence-electron chi connectivity index (χ4n) is 4.79. The molecule has 2 aliphatic rings. The molecule has 2 fully saturated rings. The molecule has 33 heavy (non-hydrogen) atoms. The molecule has 1 aromatic carbocycles. The van der Waals surface area contributed by atoms with E-state index in [4.69, 9.17) is 24.8 Å². The van der Waals surface area contributed by atoms with Crippen molar-refractivity contribution in [3.8, 4) is 17.2 Å². The lowest BCUT2D eigenvalue weighted by atomic mass is 9.97. The maximum absolute atomic E-state index is 5.59. The van der Waals surface area contributed by atoms with Crippen molar-refractivity contribution < 1.29 is 4.74 Å². The third-order valence-corrected chi connectivity index (χ3v) is 6.60. The van der Waals surface area contributed by atoms with E-state index >= 15 is 0 Å². The van der Waals surface area contributed by atoms with Crippen molar-refractivity contribution in [1.29, 1.82) is 0 Å². The largest absolute Gasteiger partial charge is 0.378 e. The van der Waals surface area contributed by atoms with Crippen LogP contribution in [-0.2, 0) is 11.8 Å². The summed E-state index contributed by atoms with van der Waals surface area (Å²) in [5.41, 5.74) is 3.69. The minimum atomic E-state index is 0.431. The first-order chi connectivity index (χ1) is 16.3. The van der Waals surface area contributed by atoms with Crippen molar-refractivity contribution in [2.45, 2.75) is 18.8 Å². The fourth-order valence-corrected chi connectivity index (χ4v) is 4.79. The summed E-state index contributed by atoms with van der Waals surface area (Å²) in [5, 5.41) is 8.23. The van der Waals surface area contributed by atoms with Crippen LogP contribution in [0.3, 0.4) is 0 Å². The Hall–Kier alpha value is -3.30. The zero-order chi connectivity index (χ0) is 22.2. The standard InChI is InChI=1S/C24H28N8O/c1-30-21(18-7-10-25-11-8-18)26-20-22(30)27-24(28-23(20)31-13-15-33-16-14-31)32-12-9-19(29-32)17-5-3-2-4-6-17/h2-6,9,12,18,25H,7-8,10-11,13-16H2,1H3. The van der Waals surface area contributed by atoms with Crippen molar-refractivity contribution in [1.82, 2.24) is 34.6 Å². The lowest BCUT2D eigenvalue weighted by molar-refractivity contribution is 0.122. The Morgan fingerprint density at radius 1 is 0.970 bits per heavy atom. The molecule has 5 heterocycles. The second-order valence-corrected chi connectivity index (χ2v) is 8.68. The summed E-state index contributed by atoms with van der Waals surface area (Å²) in [4.78, 5) is 17.3. The number of hydrogen-bond acceptors (Lipinski definition) is 7. The van der Waals surface area contributed by atoms with E-state index in [9.17, 15) is 0 Å².